The highest BCUT2D eigenvalue weighted by atomic mass is 32.1. The molecule has 110 valence electrons. The van der Waals surface area contributed by atoms with E-state index in [-0.39, 0.29) is 16.9 Å². The predicted octanol–water partition coefficient (Wildman–Crippen LogP) is 1.88. The fourth-order valence-electron chi connectivity index (χ4n) is 2.48. The summed E-state index contributed by atoms with van der Waals surface area (Å²) in [6, 6.07) is 2.14. The van der Waals surface area contributed by atoms with Gasteiger partial charge >= 0.3 is 0 Å². The molecule has 1 aromatic rings. The Morgan fingerprint density at radius 3 is 2.85 bits per heavy atom. The number of thiocarbonyl (C=S) groups is 1. The summed E-state index contributed by atoms with van der Waals surface area (Å²) < 4.78 is 5.32. The number of amides is 1. The van der Waals surface area contributed by atoms with E-state index in [4.69, 9.17) is 22.7 Å². The number of hydrogen-bond acceptors (Lipinski definition) is 4. The lowest BCUT2D eigenvalue weighted by molar-refractivity contribution is -0.132. The second-order valence-electron chi connectivity index (χ2n) is 5.27. The molecule has 0 saturated carbocycles. The van der Waals surface area contributed by atoms with Gasteiger partial charge in [0.15, 0.2) is 0 Å². The monoisotopic (exact) mass is 312 g/mol. The average Bonchev–Trinajstić information content (AvgIpc) is 2.91. The predicted molar refractivity (Wildman–Crippen MR) is 84.9 cm³/mol. The van der Waals surface area contributed by atoms with E-state index in [0.29, 0.717) is 26.1 Å². The molecule has 0 radical (unpaired) electrons. The minimum atomic E-state index is -0.740. The third kappa shape index (κ3) is 3.37. The summed E-state index contributed by atoms with van der Waals surface area (Å²) >= 11 is 6.80. The number of ether oxygens (including phenoxy) is 1. The Morgan fingerprint density at radius 1 is 1.60 bits per heavy atom. The minimum absolute atomic E-state index is 0.0592. The van der Waals surface area contributed by atoms with Crippen LogP contribution in [0.15, 0.2) is 16.8 Å². The maximum atomic E-state index is 12.6. The Bertz CT molecular complexity index is 468. The van der Waals surface area contributed by atoms with Crippen LogP contribution in [0.5, 0.6) is 0 Å². The van der Waals surface area contributed by atoms with Crippen molar-refractivity contribution in [2.75, 3.05) is 13.2 Å². The first-order chi connectivity index (χ1) is 9.54. The Hall–Kier alpha value is -0.980. The van der Waals surface area contributed by atoms with Crippen molar-refractivity contribution in [1.29, 1.82) is 0 Å². The average molecular weight is 312 g/mol. The van der Waals surface area contributed by atoms with Gasteiger partial charge in [-0.3, -0.25) is 4.79 Å². The first-order valence-electron chi connectivity index (χ1n) is 6.74. The molecule has 2 heterocycles. The fourth-order valence-corrected chi connectivity index (χ4v) is 3.46. The van der Waals surface area contributed by atoms with Gasteiger partial charge in [-0.1, -0.05) is 12.2 Å². The van der Waals surface area contributed by atoms with E-state index >= 15 is 0 Å². The number of carbonyl (C=O) groups is 1. The van der Waals surface area contributed by atoms with Crippen molar-refractivity contribution in [1.82, 2.24) is 5.32 Å². The minimum Gasteiger partial charge on any atom is -0.392 e. The summed E-state index contributed by atoms with van der Waals surface area (Å²) in [6.45, 7) is 3.06. The van der Waals surface area contributed by atoms with Crippen LogP contribution < -0.4 is 11.1 Å². The zero-order chi connectivity index (χ0) is 14.6. The number of carbonyl (C=O) groups excluding carboxylic acids is 1. The van der Waals surface area contributed by atoms with E-state index in [0.717, 1.165) is 6.42 Å². The van der Waals surface area contributed by atoms with E-state index in [1.54, 1.807) is 11.3 Å². The quantitative estimate of drug-likeness (QED) is 0.815. The molecule has 1 fully saturated rings. The molecule has 1 saturated heterocycles. The van der Waals surface area contributed by atoms with Crippen LogP contribution in [0.25, 0.3) is 0 Å². The van der Waals surface area contributed by atoms with Crippen LogP contribution in [0.2, 0.25) is 0 Å². The van der Waals surface area contributed by atoms with Crippen molar-refractivity contribution in [2.45, 2.75) is 32.2 Å². The van der Waals surface area contributed by atoms with Gasteiger partial charge in [0.05, 0.1) is 4.99 Å². The normalized spacial score (nSPS) is 19.2. The highest BCUT2D eigenvalue weighted by Crippen LogP contribution is 2.31. The van der Waals surface area contributed by atoms with Crippen LogP contribution in [0.3, 0.4) is 0 Å². The first-order valence-corrected chi connectivity index (χ1v) is 8.09. The number of thiophene rings is 1. The van der Waals surface area contributed by atoms with Gasteiger partial charge in [0.2, 0.25) is 5.91 Å². The summed E-state index contributed by atoms with van der Waals surface area (Å²) in [5.74, 6) is -0.0592. The van der Waals surface area contributed by atoms with Gasteiger partial charge in [0, 0.05) is 19.3 Å². The van der Waals surface area contributed by atoms with Crippen molar-refractivity contribution in [3.05, 3.63) is 22.4 Å². The second-order valence-corrected chi connectivity index (χ2v) is 6.49. The second kappa shape index (κ2) is 6.65. The van der Waals surface area contributed by atoms with Crippen molar-refractivity contribution in [3.8, 4) is 0 Å². The Kier molecular flexibility index (Phi) is 5.12. The standard InChI is InChI=1S/C14H20N2O2S2/c1-10(8-11-2-7-20-9-11)16-13(17)14(12(15)19)3-5-18-6-4-14/h2,7,9-10H,3-6,8H2,1H3,(H2,15,19)(H,16,17). The molecule has 4 nitrogen and oxygen atoms in total. The Morgan fingerprint density at radius 2 is 2.30 bits per heavy atom. The molecule has 2 rings (SSSR count). The smallest absolute Gasteiger partial charge is 0.233 e. The molecule has 0 aromatic carbocycles. The Labute approximate surface area is 128 Å². The molecule has 0 bridgehead atoms. The summed E-state index contributed by atoms with van der Waals surface area (Å²) in [5.41, 5.74) is 6.33. The summed E-state index contributed by atoms with van der Waals surface area (Å²) in [7, 11) is 0. The molecule has 3 N–H and O–H groups in total. The molecule has 1 amide bonds. The van der Waals surface area contributed by atoms with E-state index in [1.165, 1.54) is 5.56 Å². The van der Waals surface area contributed by atoms with Gasteiger partial charge in [0.1, 0.15) is 5.41 Å². The lowest BCUT2D eigenvalue weighted by atomic mass is 9.79. The molecule has 1 aliphatic heterocycles. The summed E-state index contributed by atoms with van der Waals surface area (Å²) in [6.07, 6.45) is 1.96. The van der Waals surface area contributed by atoms with Crippen molar-refractivity contribution < 1.29 is 9.53 Å². The lowest BCUT2D eigenvalue weighted by Gasteiger charge is -2.35. The van der Waals surface area contributed by atoms with Gasteiger partial charge in [0.25, 0.3) is 0 Å². The van der Waals surface area contributed by atoms with Gasteiger partial charge in [-0.25, -0.2) is 0 Å². The molecule has 0 aliphatic carbocycles. The van der Waals surface area contributed by atoms with Gasteiger partial charge < -0.3 is 15.8 Å². The highest BCUT2D eigenvalue weighted by molar-refractivity contribution is 7.80. The van der Waals surface area contributed by atoms with Crippen molar-refractivity contribution in [3.63, 3.8) is 0 Å². The zero-order valence-electron chi connectivity index (χ0n) is 11.6. The lowest BCUT2D eigenvalue weighted by Crippen LogP contribution is -2.53. The maximum Gasteiger partial charge on any atom is 0.233 e. The number of rotatable bonds is 5. The van der Waals surface area contributed by atoms with Crippen LogP contribution in [0.1, 0.15) is 25.3 Å². The molecule has 1 atom stereocenters. The molecule has 1 aliphatic rings. The largest absolute Gasteiger partial charge is 0.392 e. The maximum absolute atomic E-state index is 12.6. The van der Waals surface area contributed by atoms with Crippen LogP contribution in [0.4, 0.5) is 0 Å². The van der Waals surface area contributed by atoms with E-state index in [1.807, 2.05) is 12.3 Å². The van der Waals surface area contributed by atoms with Gasteiger partial charge in [-0.2, -0.15) is 11.3 Å². The van der Waals surface area contributed by atoms with E-state index < -0.39 is 5.41 Å². The van der Waals surface area contributed by atoms with Crippen LogP contribution >= 0.6 is 23.6 Å². The van der Waals surface area contributed by atoms with Crippen LogP contribution in [-0.4, -0.2) is 30.2 Å². The van der Waals surface area contributed by atoms with E-state index in [2.05, 4.69) is 16.8 Å². The molecule has 6 heteroatoms. The van der Waals surface area contributed by atoms with Gasteiger partial charge in [-0.15, -0.1) is 0 Å². The zero-order valence-corrected chi connectivity index (χ0v) is 13.2. The van der Waals surface area contributed by atoms with Crippen molar-refractivity contribution >= 4 is 34.5 Å². The molecule has 0 spiro atoms. The molecule has 1 unspecified atom stereocenters. The third-order valence-electron chi connectivity index (χ3n) is 3.75. The third-order valence-corrected chi connectivity index (χ3v) is 4.87. The van der Waals surface area contributed by atoms with Crippen LogP contribution in [0, 0.1) is 5.41 Å². The Balaban J connectivity index is 1.99. The van der Waals surface area contributed by atoms with Crippen molar-refractivity contribution in [2.24, 2.45) is 11.1 Å². The molecule has 1 aromatic heterocycles. The number of hydrogen-bond donors (Lipinski definition) is 2. The summed E-state index contributed by atoms with van der Waals surface area (Å²) in [4.78, 5) is 12.8. The first kappa shape index (κ1) is 15.4. The summed E-state index contributed by atoms with van der Waals surface area (Å²) in [5, 5.41) is 7.19. The number of nitrogens with one attached hydrogen (secondary N) is 1. The molecular weight excluding hydrogens is 292 g/mol. The van der Waals surface area contributed by atoms with Gasteiger partial charge in [-0.05, 0) is 48.6 Å². The highest BCUT2D eigenvalue weighted by Gasteiger charge is 2.43. The topological polar surface area (TPSA) is 64.4 Å². The SMILES string of the molecule is CC(Cc1ccsc1)NC(=O)C1(C(N)=S)CCOCC1. The fraction of sp³-hybridized carbons (Fsp3) is 0.571. The van der Waals surface area contributed by atoms with Crippen LogP contribution in [-0.2, 0) is 16.0 Å². The molecule has 20 heavy (non-hydrogen) atoms. The molecular formula is C14H20N2O2S2. The van der Waals surface area contributed by atoms with E-state index in [9.17, 15) is 4.79 Å². The number of nitrogens with two attached hydrogens (primary N) is 1.